The van der Waals surface area contributed by atoms with Crippen LogP contribution in [0.1, 0.15) is 40.0 Å². The molecule has 0 amide bonds. The molecule has 5 nitrogen and oxygen atoms in total. The molecule has 0 saturated heterocycles. The van der Waals surface area contributed by atoms with E-state index in [1.54, 1.807) is 0 Å². The first-order valence-corrected chi connectivity index (χ1v) is 5.97. The maximum absolute atomic E-state index is 5.46. The highest BCUT2D eigenvalue weighted by Crippen LogP contribution is 2.13. The zero-order valence-corrected chi connectivity index (χ0v) is 10.6. The zero-order valence-electron chi connectivity index (χ0n) is 10.6. The Morgan fingerprint density at radius 2 is 2.00 bits per heavy atom. The Balaban J connectivity index is 2.45. The molecular weight excluding hydrogens is 204 g/mol. The summed E-state index contributed by atoms with van der Waals surface area (Å²) in [5.74, 6) is 1.21. The second kappa shape index (κ2) is 6.48. The smallest absolute Gasteiger partial charge is 0.315 e. The second-order valence-corrected chi connectivity index (χ2v) is 4.10. The van der Waals surface area contributed by atoms with Crippen molar-refractivity contribution < 1.29 is 4.42 Å². The van der Waals surface area contributed by atoms with Crippen molar-refractivity contribution in [1.29, 1.82) is 0 Å². The first-order valence-electron chi connectivity index (χ1n) is 5.97. The van der Waals surface area contributed by atoms with Crippen LogP contribution < -0.4 is 10.6 Å². The van der Waals surface area contributed by atoms with Crippen LogP contribution in [-0.4, -0.2) is 22.8 Å². The average molecular weight is 226 g/mol. The lowest BCUT2D eigenvalue weighted by Crippen LogP contribution is -2.23. The molecule has 1 aromatic heterocycles. The minimum Gasteiger partial charge on any atom is -0.407 e. The van der Waals surface area contributed by atoms with Gasteiger partial charge in [-0.2, -0.15) is 0 Å². The lowest BCUT2D eigenvalue weighted by Gasteiger charge is -2.17. The van der Waals surface area contributed by atoms with Gasteiger partial charge in [-0.05, 0) is 19.4 Å². The summed E-state index contributed by atoms with van der Waals surface area (Å²) in [4.78, 5) is 0. The molecule has 16 heavy (non-hydrogen) atoms. The van der Waals surface area contributed by atoms with Gasteiger partial charge in [0.05, 0.1) is 6.54 Å². The number of hydrogen-bond acceptors (Lipinski definition) is 5. The van der Waals surface area contributed by atoms with E-state index in [-0.39, 0.29) is 0 Å². The molecule has 0 bridgehead atoms. The lowest BCUT2D eigenvalue weighted by atomic mass is 10.0. The fourth-order valence-electron chi connectivity index (χ4n) is 1.31. The second-order valence-electron chi connectivity index (χ2n) is 4.10. The van der Waals surface area contributed by atoms with Gasteiger partial charge in [0.15, 0.2) is 0 Å². The summed E-state index contributed by atoms with van der Waals surface area (Å²) in [6, 6.07) is 0.859. The van der Waals surface area contributed by atoms with E-state index >= 15 is 0 Å². The van der Waals surface area contributed by atoms with Crippen LogP contribution in [0.4, 0.5) is 6.01 Å². The van der Waals surface area contributed by atoms with Crippen molar-refractivity contribution in [2.75, 3.05) is 11.9 Å². The van der Waals surface area contributed by atoms with Crippen molar-refractivity contribution in [3.8, 4) is 0 Å². The van der Waals surface area contributed by atoms with Crippen LogP contribution in [-0.2, 0) is 6.54 Å². The Kier molecular flexibility index (Phi) is 5.25. The van der Waals surface area contributed by atoms with Gasteiger partial charge >= 0.3 is 6.01 Å². The Morgan fingerprint density at radius 3 is 2.62 bits per heavy atom. The maximum Gasteiger partial charge on any atom is 0.315 e. The van der Waals surface area contributed by atoms with Gasteiger partial charge in [0, 0.05) is 6.04 Å². The Hall–Kier alpha value is -1.10. The monoisotopic (exact) mass is 226 g/mol. The normalized spacial score (nSPS) is 14.8. The molecule has 92 valence electrons. The van der Waals surface area contributed by atoms with E-state index < -0.39 is 0 Å². The van der Waals surface area contributed by atoms with Gasteiger partial charge in [-0.25, -0.2) is 0 Å². The molecule has 0 spiro atoms. The summed E-state index contributed by atoms with van der Waals surface area (Å²) < 4.78 is 5.46. The van der Waals surface area contributed by atoms with Crippen LogP contribution >= 0.6 is 0 Å². The van der Waals surface area contributed by atoms with E-state index in [2.05, 4.69) is 41.6 Å². The maximum atomic E-state index is 5.46. The van der Waals surface area contributed by atoms with E-state index in [0.29, 0.717) is 30.4 Å². The third-order valence-electron chi connectivity index (χ3n) is 2.84. The van der Waals surface area contributed by atoms with Crippen molar-refractivity contribution in [3.63, 3.8) is 0 Å². The molecule has 0 aliphatic rings. The van der Waals surface area contributed by atoms with Gasteiger partial charge in [-0.15, -0.1) is 5.10 Å². The van der Waals surface area contributed by atoms with E-state index in [1.807, 2.05) is 6.92 Å². The molecule has 0 aliphatic heterocycles. The Labute approximate surface area is 97.0 Å². The molecule has 0 aromatic carbocycles. The summed E-state index contributed by atoms with van der Waals surface area (Å²) in [5.41, 5.74) is 0. The molecule has 0 radical (unpaired) electrons. The number of hydrogen-bond donors (Lipinski definition) is 2. The molecule has 2 unspecified atom stereocenters. The topological polar surface area (TPSA) is 63.0 Å². The highest BCUT2D eigenvalue weighted by Gasteiger charge is 2.13. The van der Waals surface area contributed by atoms with Crippen LogP contribution in [0.15, 0.2) is 4.42 Å². The molecule has 2 atom stereocenters. The average Bonchev–Trinajstić information content (AvgIpc) is 2.72. The number of rotatable bonds is 7. The van der Waals surface area contributed by atoms with Crippen molar-refractivity contribution in [3.05, 3.63) is 5.89 Å². The highest BCUT2D eigenvalue weighted by atomic mass is 16.4. The van der Waals surface area contributed by atoms with E-state index in [4.69, 9.17) is 4.42 Å². The predicted octanol–water partition coefficient (Wildman–Crippen LogP) is 2.03. The van der Waals surface area contributed by atoms with Gasteiger partial charge in [0.2, 0.25) is 5.89 Å². The van der Waals surface area contributed by atoms with E-state index in [1.165, 1.54) is 0 Å². The van der Waals surface area contributed by atoms with E-state index in [9.17, 15) is 0 Å². The van der Waals surface area contributed by atoms with Crippen molar-refractivity contribution in [2.24, 2.45) is 5.92 Å². The third-order valence-corrected chi connectivity index (χ3v) is 2.84. The first-order chi connectivity index (χ1) is 7.67. The Bertz CT molecular complexity index is 300. The van der Waals surface area contributed by atoms with Gasteiger partial charge in [0.25, 0.3) is 0 Å². The fraction of sp³-hybridized carbons (Fsp3) is 0.818. The van der Waals surface area contributed by atoms with Crippen LogP contribution in [0.2, 0.25) is 0 Å². The predicted molar refractivity (Wildman–Crippen MR) is 64.2 cm³/mol. The Morgan fingerprint density at radius 1 is 1.25 bits per heavy atom. The molecule has 0 aliphatic carbocycles. The van der Waals surface area contributed by atoms with Crippen molar-refractivity contribution >= 4 is 6.01 Å². The van der Waals surface area contributed by atoms with Crippen molar-refractivity contribution in [2.45, 2.75) is 46.7 Å². The van der Waals surface area contributed by atoms with Crippen LogP contribution in [0, 0.1) is 5.92 Å². The molecule has 2 N–H and O–H groups in total. The molecule has 1 heterocycles. The van der Waals surface area contributed by atoms with Gasteiger partial charge in [0.1, 0.15) is 0 Å². The van der Waals surface area contributed by atoms with Crippen LogP contribution in [0.25, 0.3) is 0 Å². The highest BCUT2D eigenvalue weighted by molar-refractivity contribution is 5.19. The standard InChI is InChI=1S/C11H22N4O/c1-5-8(3)9(4)13-11-15-14-10(16-11)7-12-6-2/h8-9,12H,5-7H2,1-4H3,(H,13,15). The van der Waals surface area contributed by atoms with E-state index in [0.717, 1.165) is 13.0 Å². The van der Waals surface area contributed by atoms with Gasteiger partial charge < -0.3 is 15.1 Å². The van der Waals surface area contributed by atoms with Gasteiger partial charge in [-0.1, -0.05) is 32.3 Å². The summed E-state index contributed by atoms with van der Waals surface area (Å²) in [7, 11) is 0. The molecule has 0 saturated carbocycles. The van der Waals surface area contributed by atoms with Crippen LogP contribution in [0.5, 0.6) is 0 Å². The molecule has 5 heteroatoms. The number of anilines is 1. The minimum absolute atomic E-state index is 0.345. The third kappa shape index (κ3) is 3.81. The van der Waals surface area contributed by atoms with Crippen LogP contribution in [0.3, 0.4) is 0 Å². The molecular formula is C11H22N4O. The summed E-state index contributed by atoms with van der Waals surface area (Å²) >= 11 is 0. The first kappa shape index (κ1) is 13.0. The summed E-state index contributed by atoms with van der Waals surface area (Å²) in [5, 5.41) is 14.3. The van der Waals surface area contributed by atoms with Crippen molar-refractivity contribution in [1.82, 2.24) is 15.5 Å². The molecule has 0 fully saturated rings. The number of nitrogens with one attached hydrogen (secondary N) is 2. The lowest BCUT2D eigenvalue weighted by molar-refractivity contribution is 0.451. The molecule has 1 rings (SSSR count). The largest absolute Gasteiger partial charge is 0.407 e. The SMILES string of the molecule is CCNCc1nnc(NC(C)C(C)CC)o1. The summed E-state index contributed by atoms with van der Waals surface area (Å²) in [6.45, 7) is 10.1. The zero-order chi connectivity index (χ0) is 12.0. The minimum atomic E-state index is 0.345. The number of nitrogens with zero attached hydrogens (tertiary/aromatic N) is 2. The summed E-state index contributed by atoms with van der Waals surface area (Å²) in [6.07, 6.45) is 1.13. The quantitative estimate of drug-likeness (QED) is 0.744. The fourth-order valence-corrected chi connectivity index (χ4v) is 1.31. The van der Waals surface area contributed by atoms with Gasteiger partial charge in [-0.3, -0.25) is 0 Å². The molecule has 1 aromatic rings. The number of aromatic nitrogens is 2.